The van der Waals surface area contributed by atoms with Crippen molar-refractivity contribution in [1.29, 1.82) is 0 Å². The van der Waals surface area contributed by atoms with E-state index in [1.807, 2.05) is 11.8 Å². The Bertz CT molecular complexity index is 547. The maximum Gasteiger partial charge on any atom is 0.245 e. The molecule has 3 rings (SSSR count). The molecule has 7 heteroatoms. The Kier molecular flexibility index (Phi) is 7.10. The molecule has 0 aromatic rings. The molecule has 0 saturated carbocycles. The third kappa shape index (κ3) is 5.00. The lowest BCUT2D eigenvalue weighted by molar-refractivity contribution is -0.145. The van der Waals surface area contributed by atoms with Crippen molar-refractivity contribution in [3.63, 3.8) is 0 Å². The summed E-state index contributed by atoms with van der Waals surface area (Å²) in [7, 11) is 0. The number of rotatable bonds is 6. The molecule has 3 aliphatic rings. The summed E-state index contributed by atoms with van der Waals surface area (Å²) in [4.78, 5) is 41.3. The highest BCUT2D eigenvalue weighted by atomic mass is 16.2. The standard InChI is InChI=1S/C20H34N4O3/c1-2-6-18(25)24-12-5-9-17(24)20(27)23-11-4-7-15(14-23)13-22-19(26)16-8-3-10-21-16/h15-17,21H,2-14H2,1H3,(H,22,26). The fourth-order valence-corrected chi connectivity index (χ4v) is 4.60. The van der Waals surface area contributed by atoms with E-state index < -0.39 is 0 Å². The summed E-state index contributed by atoms with van der Waals surface area (Å²) < 4.78 is 0. The molecule has 3 saturated heterocycles. The van der Waals surface area contributed by atoms with Gasteiger partial charge >= 0.3 is 0 Å². The second kappa shape index (κ2) is 9.53. The van der Waals surface area contributed by atoms with Crippen LogP contribution < -0.4 is 10.6 Å². The molecular weight excluding hydrogens is 344 g/mol. The molecule has 3 heterocycles. The highest BCUT2D eigenvalue weighted by Gasteiger charge is 2.37. The first kappa shape index (κ1) is 20.1. The first-order valence-corrected chi connectivity index (χ1v) is 10.7. The van der Waals surface area contributed by atoms with Crippen LogP contribution in [-0.2, 0) is 14.4 Å². The molecule has 2 N–H and O–H groups in total. The number of nitrogens with one attached hydrogen (secondary N) is 2. The van der Waals surface area contributed by atoms with Gasteiger partial charge in [0.1, 0.15) is 6.04 Å². The smallest absolute Gasteiger partial charge is 0.245 e. The van der Waals surface area contributed by atoms with Gasteiger partial charge in [-0.25, -0.2) is 0 Å². The van der Waals surface area contributed by atoms with Crippen LogP contribution in [0.5, 0.6) is 0 Å². The number of amides is 3. The maximum atomic E-state index is 13.0. The third-order valence-electron chi connectivity index (χ3n) is 6.09. The topological polar surface area (TPSA) is 81.8 Å². The van der Waals surface area contributed by atoms with E-state index in [9.17, 15) is 14.4 Å². The van der Waals surface area contributed by atoms with Gasteiger partial charge in [0.05, 0.1) is 6.04 Å². The van der Waals surface area contributed by atoms with Crippen molar-refractivity contribution in [2.45, 2.75) is 70.4 Å². The highest BCUT2D eigenvalue weighted by Crippen LogP contribution is 2.24. The van der Waals surface area contributed by atoms with Crippen LogP contribution in [0.25, 0.3) is 0 Å². The average molecular weight is 379 g/mol. The Morgan fingerprint density at radius 2 is 1.89 bits per heavy atom. The molecule has 0 aromatic heterocycles. The molecule has 0 radical (unpaired) electrons. The molecule has 7 nitrogen and oxygen atoms in total. The Balaban J connectivity index is 1.50. The van der Waals surface area contributed by atoms with Crippen LogP contribution in [0.15, 0.2) is 0 Å². The van der Waals surface area contributed by atoms with E-state index in [0.29, 0.717) is 32.0 Å². The van der Waals surface area contributed by atoms with E-state index in [1.54, 1.807) is 4.90 Å². The summed E-state index contributed by atoms with van der Waals surface area (Å²) in [6, 6.07) is -0.331. The van der Waals surface area contributed by atoms with Gasteiger partial charge in [-0.2, -0.15) is 0 Å². The number of hydrogen-bond acceptors (Lipinski definition) is 4. The van der Waals surface area contributed by atoms with Gasteiger partial charge in [0.15, 0.2) is 0 Å². The van der Waals surface area contributed by atoms with Crippen molar-refractivity contribution in [3.8, 4) is 0 Å². The van der Waals surface area contributed by atoms with Gasteiger partial charge in [-0.3, -0.25) is 14.4 Å². The molecule has 0 bridgehead atoms. The first-order chi connectivity index (χ1) is 13.1. The number of hydrogen-bond donors (Lipinski definition) is 2. The molecule has 0 aromatic carbocycles. The fourth-order valence-electron chi connectivity index (χ4n) is 4.60. The first-order valence-electron chi connectivity index (χ1n) is 10.7. The summed E-state index contributed by atoms with van der Waals surface area (Å²) in [5, 5.41) is 6.28. The summed E-state index contributed by atoms with van der Waals surface area (Å²) in [6.07, 6.45) is 6.98. The van der Waals surface area contributed by atoms with E-state index in [2.05, 4.69) is 10.6 Å². The van der Waals surface area contributed by atoms with Crippen molar-refractivity contribution >= 4 is 17.7 Å². The van der Waals surface area contributed by atoms with E-state index in [4.69, 9.17) is 0 Å². The number of carbonyl (C=O) groups excluding carboxylic acids is 3. The molecule has 0 spiro atoms. The molecule has 3 aliphatic heterocycles. The minimum absolute atomic E-state index is 0.0528. The molecule has 3 unspecified atom stereocenters. The Morgan fingerprint density at radius 3 is 2.63 bits per heavy atom. The van der Waals surface area contributed by atoms with Crippen LogP contribution in [0.2, 0.25) is 0 Å². The van der Waals surface area contributed by atoms with Gasteiger partial charge < -0.3 is 20.4 Å². The predicted molar refractivity (Wildman–Crippen MR) is 103 cm³/mol. The lowest BCUT2D eigenvalue weighted by atomic mass is 9.97. The maximum absolute atomic E-state index is 13.0. The number of piperidine rings is 1. The number of carbonyl (C=O) groups is 3. The quantitative estimate of drug-likeness (QED) is 0.719. The summed E-state index contributed by atoms with van der Waals surface area (Å²) in [6.45, 7) is 5.69. The summed E-state index contributed by atoms with van der Waals surface area (Å²) in [5.41, 5.74) is 0. The van der Waals surface area contributed by atoms with Crippen LogP contribution in [0, 0.1) is 5.92 Å². The zero-order valence-electron chi connectivity index (χ0n) is 16.5. The lowest BCUT2D eigenvalue weighted by Gasteiger charge is -2.36. The number of nitrogens with zero attached hydrogens (tertiary/aromatic N) is 2. The van der Waals surface area contributed by atoms with Gasteiger partial charge in [0.25, 0.3) is 0 Å². The largest absolute Gasteiger partial charge is 0.354 e. The van der Waals surface area contributed by atoms with Crippen LogP contribution in [0.1, 0.15) is 58.3 Å². The molecule has 27 heavy (non-hydrogen) atoms. The van der Waals surface area contributed by atoms with E-state index >= 15 is 0 Å². The monoisotopic (exact) mass is 378 g/mol. The van der Waals surface area contributed by atoms with Crippen LogP contribution in [0.3, 0.4) is 0 Å². The highest BCUT2D eigenvalue weighted by molar-refractivity contribution is 5.88. The van der Waals surface area contributed by atoms with Crippen LogP contribution in [-0.4, -0.2) is 72.3 Å². The summed E-state index contributed by atoms with van der Waals surface area (Å²) in [5.74, 6) is 0.598. The van der Waals surface area contributed by atoms with Gasteiger partial charge in [-0.05, 0) is 57.4 Å². The summed E-state index contributed by atoms with van der Waals surface area (Å²) >= 11 is 0. The molecular formula is C20H34N4O3. The van der Waals surface area contributed by atoms with Crippen molar-refractivity contribution < 1.29 is 14.4 Å². The fraction of sp³-hybridized carbons (Fsp3) is 0.850. The molecule has 3 amide bonds. The van der Waals surface area contributed by atoms with E-state index in [1.165, 1.54) is 0 Å². The molecule has 3 fully saturated rings. The van der Waals surface area contributed by atoms with Crippen LogP contribution in [0.4, 0.5) is 0 Å². The SMILES string of the molecule is CCCC(=O)N1CCCC1C(=O)N1CCCC(CNC(=O)C2CCCN2)C1. The zero-order chi connectivity index (χ0) is 19.2. The van der Waals surface area contributed by atoms with E-state index in [-0.39, 0.29) is 29.8 Å². The van der Waals surface area contributed by atoms with Crippen molar-refractivity contribution in [2.24, 2.45) is 5.92 Å². The normalized spacial score (nSPS) is 28.4. The van der Waals surface area contributed by atoms with Crippen LogP contribution >= 0.6 is 0 Å². The Hall–Kier alpha value is -1.63. The zero-order valence-corrected chi connectivity index (χ0v) is 16.5. The van der Waals surface area contributed by atoms with Crippen molar-refractivity contribution in [2.75, 3.05) is 32.7 Å². The second-order valence-electron chi connectivity index (χ2n) is 8.18. The lowest BCUT2D eigenvalue weighted by Crippen LogP contribution is -2.52. The second-order valence-corrected chi connectivity index (χ2v) is 8.18. The minimum atomic E-state index is -0.278. The molecule has 3 atom stereocenters. The minimum Gasteiger partial charge on any atom is -0.354 e. The predicted octanol–water partition coefficient (Wildman–Crippen LogP) is 0.884. The van der Waals surface area contributed by atoms with Gasteiger partial charge in [0.2, 0.25) is 17.7 Å². The molecule has 152 valence electrons. The third-order valence-corrected chi connectivity index (χ3v) is 6.09. The Morgan fingerprint density at radius 1 is 1.07 bits per heavy atom. The number of likely N-dealkylation sites (tertiary alicyclic amines) is 2. The van der Waals surface area contributed by atoms with Crippen molar-refractivity contribution in [3.05, 3.63) is 0 Å². The van der Waals surface area contributed by atoms with Gasteiger partial charge in [-0.1, -0.05) is 6.92 Å². The molecule has 0 aliphatic carbocycles. The average Bonchev–Trinajstić information content (AvgIpc) is 3.37. The van der Waals surface area contributed by atoms with Gasteiger partial charge in [-0.15, -0.1) is 0 Å². The Labute approximate surface area is 162 Å². The van der Waals surface area contributed by atoms with E-state index in [0.717, 1.165) is 58.0 Å². The van der Waals surface area contributed by atoms with Gasteiger partial charge in [0, 0.05) is 32.6 Å². The van der Waals surface area contributed by atoms with Crippen molar-refractivity contribution in [1.82, 2.24) is 20.4 Å².